The lowest BCUT2D eigenvalue weighted by Gasteiger charge is -2.21. The molecule has 3 nitrogen and oxygen atoms in total. The molecule has 80 valence electrons. The molecule has 2 heterocycles. The van der Waals surface area contributed by atoms with Crippen LogP contribution in [0.25, 0.3) is 0 Å². The molecular formula is C11H12O3S. The van der Waals surface area contributed by atoms with Gasteiger partial charge in [0, 0.05) is 22.3 Å². The van der Waals surface area contributed by atoms with Crippen molar-refractivity contribution in [2.24, 2.45) is 0 Å². The zero-order valence-corrected chi connectivity index (χ0v) is 9.36. The van der Waals surface area contributed by atoms with E-state index in [9.17, 15) is 4.21 Å². The standard InChI is InChI=1S/C11H12O3S/c1-7-9-6-15(12)5-8(9)4-10-11(7)14-3-2-13-10/h4H,2-3,5-6H2,1H3. The molecule has 0 fully saturated rings. The fourth-order valence-electron chi connectivity index (χ4n) is 2.17. The second kappa shape index (κ2) is 3.23. The molecule has 1 unspecified atom stereocenters. The van der Waals surface area contributed by atoms with Crippen LogP contribution in [0.2, 0.25) is 0 Å². The monoisotopic (exact) mass is 224 g/mol. The minimum absolute atomic E-state index is 0.605. The second-order valence-corrected chi connectivity index (χ2v) is 5.35. The molecule has 0 N–H and O–H groups in total. The van der Waals surface area contributed by atoms with Gasteiger partial charge in [-0.3, -0.25) is 4.21 Å². The summed E-state index contributed by atoms with van der Waals surface area (Å²) in [6.45, 7) is 3.24. The molecule has 1 aromatic rings. The molecule has 2 aliphatic rings. The summed E-state index contributed by atoms with van der Waals surface area (Å²) in [6, 6.07) is 1.99. The van der Waals surface area contributed by atoms with Gasteiger partial charge in [0.2, 0.25) is 0 Å². The van der Waals surface area contributed by atoms with Crippen LogP contribution < -0.4 is 9.47 Å². The third-order valence-corrected chi connectivity index (χ3v) is 4.16. The van der Waals surface area contributed by atoms with Gasteiger partial charge in [-0.05, 0) is 29.7 Å². The molecule has 3 rings (SSSR count). The van der Waals surface area contributed by atoms with E-state index in [2.05, 4.69) is 0 Å². The van der Waals surface area contributed by atoms with Gasteiger partial charge in [0.1, 0.15) is 13.2 Å². The van der Waals surface area contributed by atoms with Gasteiger partial charge in [-0.2, -0.15) is 0 Å². The molecule has 0 aromatic heterocycles. The van der Waals surface area contributed by atoms with Gasteiger partial charge in [-0.25, -0.2) is 0 Å². The van der Waals surface area contributed by atoms with E-state index < -0.39 is 10.8 Å². The molecule has 1 aromatic carbocycles. The quantitative estimate of drug-likeness (QED) is 0.670. The summed E-state index contributed by atoms with van der Waals surface area (Å²) in [7, 11) is -0.741. The highest BCUT2D eigenvalue weighted by Crippen LogP contribution is 2.40. The molecule has 2 aliphatic heterocycles. The van der Waals surface area contributed by atoms with Crippen LogP contribution in [0.1, 0.15) is 16.7 Å². The Morgan fingerprint density at radius 2 is 2.07 bits per heavy atom. The molecule has 0 aliphatic carbocycles. The van der Waals surface area contributed by atoms with Gasteiger partial charge in [0.05, 0.1) is 0 Å². The maximum absolute atomic E-state index is 11.5. The van der Waals surface area contributed by atoms with Crippen molar-refractivity contribution in [3.63, 3.8) is 0 Å². The van der Waals surface area contributed by atoms with Crippen molar-refractivity contribution in [3.05, 3.63) is 22.8 Å². The van der Waals surface area contributed by atoms with E-state index in [1.807, 2.05) is 13.0 Å². The topological polar surface area (TPSA) is 35.5 Å². The first-order valence-corrected chi connectivity index (χ1v) is 6.50. The minimum atomic E-state index is -0.741. The van der Waals surface area contributed by atoms with Crippen molar-refractivity contribution >= 4 is 10.8 Å². The van der Waals surface area contributed by atoms with E-state index in [0.29, 0.717) is 24.7 Å². The number of hydrogen-bond acceptors (Lipinski definition) is 3. The highest BCUT2D eigenvalue weighted by Gasteiger charge is 2.25. The average Bonchev–Trinajstić information content (AvgIpc) is 2.59. The van der Waals surface area contributed by atoms with Crippen molar-refractivity contribution in [2.75, 3.05) is 13.2 Å². The van der Waals surface area contributed by atoms with Crippen LogP contribution in [0.15, 0.2) is 6.07 Å². The first kappa shape index (κ1) is 9.21. The van der Waals surface area contributed by atoms with Crippen molar-refractivity contribution in [1.82, 2.24) is 0 Å². The van der Waals surface area contributed by atoms with Crippen molar-refractivity contribution in [1.29, 1.82) is 0 Å². The Bertz CT molecular complexity index is 454. The third kappa shape index (κ3) is 1.35. The van der Waals surface area contributed by atoms with Gasteiger partial charge < -0.3 is 9.47 Å². The molecular weight excluding hydrogens is 212 g/mol. The van der Waals surface area contributed by atoms with Gasteiger partial charge >= 0.3 is 0 Å². The molecule has 1 atom stereocenters. The molecule has 0 amide bonds. The van der Waals surface area contributed by atoms with Crippen LogP contribution in [0.4, 0.5) is 0 Å². The molecule has 0 radical (unpaired) electrons. The summed E-state index contributed by atoms with van der Waals surface area (Å²) >= 11 is 0. The first-order chi connectivity index (χ1) is 7.25. The summed E-state index contributed by atoms with van der Waals surface area (Å²) in [5.74, 6) is 2.99. The maximum atomic E-state index is 11.5. The molecule has 15 heavy (non-hydrogen) atoms. The normalized spacial score (nSPS) is 22.6. The molecule has 0 saturated heterocycles. The Balaban J connectivity index is 2.19. The van der Waals surface area contributed by atoms with Crippen LogP contribution in [-0.4, -0.2) is 17.4 Å². The van der Waals surface area contributed by atoms with E-state index in [-0.39, 0.29) is 0 Å². The number of rotatable bonds is 0. The predicted molar refractivity (Wildman–Crippen MR) is 57.7 cm³/mol. The predicted octanol–water partition coefficient (Wildman–Crippen LogP) is 1.53. The van der Waals surface area contributed by atoms with E-state index in [4.69, 9.17) is 9.47 Å². The highest BCUT2D eigenvalue weighted by molar-refractivity contribution is 7.83. The summed E-state index contributed by atoms with van der Waals surface area (Å²) in [5, 5.41) is 0. The average molecular weight is 224 g/mol. The van der Waals surface area contributed by atoms with Crippen LogP contribution in [0, 0.1) is 6.92 Å². The fraction of sp³-hybridized carbons (Fsp3) is 0.455. The zero-order valence-electron chi connectivity index (χ0n) is 8.54. The van der Waals surface area contributed by atoms with Crippen LogP contribution in [0.5, 0.6) is 11.5 Å². The van der Waals surface area contributed by atoms with Crippen molar-refractivity contribution in [3.8, 4) is 11.5 Å². The molecule has 0 spiro atoms. The summed E-state index contributed by atoms with van der Waals surface area (Å²) in [4.78, 5) is 0. The zero-order chi connectivity index (χ0) is 10.4. The minimum Gasteiger partial charge on any atom is -0.486 e. The van der Waals surface area contributed by atoms with Crippen LogP contribution in [0.3, 0.4) is 0 Å². The number of benzene rings is 1. The van der Waals surface area contributed by atoms with Gasteiger partial charge in [-0.1, -0.05) is 0 Å². The Morgan fingerprint density at radius 3 is 2.93 bits per heavy atom. The summed E-state index contributed by atoms with van der Waals surface area (Å²) in [6.07, 6.45) is 0. The van der Waals surface area contributed by atoms with Gasteiger partial charge in [-0.15, -0.1) is 0 Å². The smallest absolute Gasteiger partial charge is 0.164 e. The van der Waals surface area contributed by atoms with E-state index in [0.717, 1.165) is 22.6 Å². The lowest BCUT2D eigenvalue weighted by Crippen LogP contribution is -2.16. The molecule has 0 saturated carbocycles. The Hall–Kier alpha value is -1.03. The fourth-order valence-corrected chi connectivity index (χ4v) is 3.60. The highest BCUT2D eigenvalue weighted by atomic mass is 32.2. The largest absolute Gasteiger partial charge is 0.486 e. The van der Waals surface area contributed by atoms with Crippen molar-refractivity contribution < 1.29 is 13.7 Å². The first-order valence-electron chi connectivity index (χ1n) is 5.01. The molecule has 4 heteroatoms. The molecule has 0 bridgehead atoms. The third-order valence-electron chi connectivity index (χ3n) is 2.92. The summed E-state index contributed by atoms with van der Waals surface area (Å²) in [5.41, 5.74) is 3.46. The SMILES string of the molecule is Cc1c2c(cc3c1OCCO3)CS(=O)C2. The van der Waals surface area contributed by atoms with E-state index in [1.165, 1.54) is 5.56 Å². The number of ether oxygens (including phenoxy) is 2. The lowest BCUT2D eigenvalue weighted by molar-refractivity contribution is 0.170. The van der Waals surface area contributed by atoms with Crippen molar-refractivity contribution in [2.45, 2.75) is 18.4 Å². The second-order valence-electron chi connectivity index (χ2n) is 3.89. The lowest BCUT2D eigenvalue weighted by atomic mass is 10.0. The van der Waals surface area contributed by atoms with Crippen LogP contribution in [-0.2, 0) is 22.3 Å². The Labute approximate surface area is 90.8 Å². The Morgan fingerprint density at radius 1 is 1.27 bits per heavy atom. The maximum Gasteiger partial charge on any atom is 0.164 e. The van der Waals surface area contributed by atoms with Gasteiger partial charge in [0.25, 0.3) is 0 Å². The van der Waals surface area contributed by atoms with Crippen LogP contribution >= 0.6 is 0 Å². The Kier molecular flexibility index (Phi) is 1.99. The number of fused-ring (bicyclic) bond motifs is 2. The van der Waals surface area contributed by atoms with E-state index in [1.54, 1.807) is 0 Å². The van der Waals surface area contributed by atoms with Gasteiger partial charge in [0.15, 0.2) is 11.5 Å². The van der Waals surface area contributed by atoms with E-state index >= 15 is 0 Å². The number of hydrogen-bond donors (Lipinski definition) is 0. The summed E-state index contributed by atoms with van der Waals surface area (Å²) < 4.78 is 22.6.